The van der Waals surface area contributed by atoms with E-state index in [9.17, 15) is 0 Å². The topological polar surface area (TPSA) is 58.1 Å². The molecule has 0 aliphatic carbocycles. The molecule has 2 aromatic rings. The summed E-state index contributed by atoms with van der Waals surface area (Å²) >= 11 is 0. The summed E-state index contributed by atoms with van der Waals surface area (Å²) in [7, 11) is 3.53. The van der Waals surface area contributed by atoms with E-state index in [2.05, 4.69) is 44.8 Å². The van der Waals surface area contributed by atoms with Gasteiger partial charge in [0.25, 0.3) is 0 Å². The van der Waals surface area contributed by atoms with Gasteiger partial charge in [0.15, 0.2) is 5.96 Å². The SMILES string of the molecule is CN=C(NCc1cccc(OC(C)C)c1)NC1CCN(c2ccccc2OC)C1. The van der Waals surface area contributed by atoms with Crippen molar-refractivity contribution in [2.75, 3.05) is 32.1 Å². The Hall–Kier alpha value is -2.89. The lowest BCUT2D eigenvalue weighted by Crippen LogP contribution is -2.44. The van der Waals surface area contributed by atoms with Gasteiger partial charge in [0.2, 0.25) is 0 Å². The second-order valence-electron chi connectivity index (χ2n) is 7.49. The average Bonchev–Trinajstić information content (AvgIpc) is 3.19. The summed E-state index contributed by atoms with van der Waals surface area (Å²) < 4.78 is 11.3. The largest absolute Gasteiger partial charge is 0.495 e. The van der Waals surface area contributed by atoms with Crippen molar-refractivity contribution in [2.24, 2.45) is 4.99 Å². The molecule has 6 nitrogen and oxygen atoms in total. The molecule has 0 bridgehead atoms. The van der Waals surface area contributed by atoms with Crippen molar-refractivity contribution in [1.82, 2.24) is 10.6 Å². The Labute approximate surface area is 173 Å². The van der Waals surface area contributed by atoms with Gasteiger partial charge in [0, 0.05) is 32.7 Å². The lowest BCUT2D eigenvalue weighted by Gasteiger charge is -2.22. The highest BCUT2D eigenvalue weighted by atomic mass is 16.5. The minimum absolute atomic E-state index is 0.168. The highest BCUT2D eigenvalue weighted by Gasteiger charge is 2.25. The zero-order valence-electron chi connectivity index (χ0n) is 17.8. The predicted octanol–water partition coefficient (Wildman–Crippen LogP) is 3.43. The Morgan fingerprint density at radius 1 is 1.21 bits per heavy atom. The van der Waals surface area contributed by atoms with Crippen molar-refractivity contribution >= 4 is 11.6 Å². The van der Waals surface area contributed by atoms with E-state index in [4.69, 9.17) is 9.47 Å². The number of rotatable bonds is 7. The number of hydrogen-bond donors (Lipinski definition) is 2. The summed E-state index contributed by atoms with van der Waals surface area (Å²) in [6, 6.07) is 16.7. The first kappa shape index (κ1) is 20.8. The lowest BCUT2D eigenvalue weighted by molar-refractivity contribution is 0.242. The van der Waals surface area contributed by atoms with Gasteiger partial charge in [0.1, 0.15) is 11.5 Å². The summed E-state index contributed by atoms with van der Waals surface area (Å²) in [5.74, 6) is 2.62. The summed E-state index contributed by atoms with van der Waals surface area (Å²) in [4.78, 5) is 6.75. The Morgan fingerprint density at radius 2 is 2.03 bits per heavy atom. The van der Waals surface area contributed by atoms with Crippen LogP contribution in [0.4, 0.5) is 5.69 Å². The third kappa shape index (κ3) is 5.79. The number of nitrogens with one attached hydrogen (secondary N) is 2. The van der Waals surface area contributed by atoms with Crippen molar-refractivity contribution in [3.05, 3.63) is 54.1 Å². The van der Waals surface area contributed by atoms with Gasteiger partial charge in [-0.05, 0) is 50.1 Å². The number of aliphatic imine (C=N–C) groups is 1. The predicted molar refractivity (Wildman–Crippen MR) is 119 cm³/mol. The molecule has 6 heteroatoms. The van der Waals surface area contributed by atoms with Crippen LogP contribution < -0.4 is 25.0 Å². The third-order valence-electron chi connectivity index (χ3n) is 4.91. The van der Waals surface area contributed by atoms with Crippen LogP contribution in [-0.4, -0.2) is 45.4 Å². The Balaban J connectivity index is 1.53. The van der Waals surface area contributed by atoms with E-state index < -0.39 is 0 Å². The van der Waals surface area contributed by atoms with Crippen LogP contribution in [0.3, 0.4) is 0 Å². The fraction of sp³-hybridized carbons (Fsp3) is 0.435. The van der Waals surface area contributed by atoms with Gasteiger partial charge >= 0.3 is 0 Å². The Kier molecular flexibility index (Phi) is 7.22. The van der Waals surface area contributed by atoms with Crippen LogP contribution >= 0.6 is 0 Å². The highest BCUT2D eigenvalue weighted by Crippen LogP contribution is 2.30. The number of methoxy groups -OCH3 is 1. The van der Waals surface area contributed by atoms with Crippen LogP contribution in [0.1, 0.15) is 25.8 Å². The van der Waals surface area contributed by atoms with Gasteiger partial charge in [-0.2, -0.15) is 0 Å². The fourth-order valence-electron chi connectivity index (χ4n) is 3.56. The molecule has 2 aromatic carbocycles. The molecule has 0 amide bonds. The normalized spacial score (nSPS) is 16.8. The second kappa shape index (κ2) is 10.0. The average molecular weight is 397 g/mol. The maximum Gasteiger partial charge on any atom is 0.191 e. The molecular weight excluding hydrogens is 364 g/mol. The molecule has 29 heavy (non-hydrogen) atoms. The molecule has 156 valence electrons. The molecule has 1 aliphatic heterocycles. The maximum absolute atomic E-state index is 5.78. The van der Waals surface area contributed by atoms with Crippen LogP contribution in [0.25, 0.3) is 0 Å². The van der Waals surface area contributed by atoms with Gasteiger partial charge in [-0.15, -0.1) is 0 Å². The molecule has 1 atom stereocenters. The van der Waals surface area contributed by atoms with E-state index in [1.165, 1.54) is 0 Å². The van der Waals surface area contributed by atoms with E-state index in [1.54, 1.807) is 14.2 Å². The molecule has 1 aliphatic rings. The molecule has 1 saturated heterocycles. The first-order chi connectivity index (χ1) is 14.1. The lowest BCUT2D eigenvalue weighted by atomic mass is 10.2. The van der Waals surface area contributed by atoms with Gasteiger partial charge in [-0.1, -0.05) is 24.3 Å². The number of nitrogens with zero attached hydrogens (tertiary/aromatic N) is 2. The van der Waals surface area contributed by atoms with Crippen LogP contribution in [0.5, 0.6) is 11.5 Å². The molecule has 0 spiro atoms. The first-order valence-electron chi connectivity index (χ1n) is 10.2. The summed E-state index contributed by atoms with van der Waals surface area (Å²) in [6.07, 6.45) is 1.22. The van der Waals surface area contributed by atoms with Gasteiger partial charge in [-0.3, -0.25) is 4.99 Å². The van der Waals surface area contributed by atoms with Crippen LogP contribution in [0.2, 0.25) is 0 Å². The van der Waals surface area contributed by atoms with Crippen molar-refractivity contribution in [1.29, 1.82) is 0 Å². The van der Waals surface area contributed by atoms with E-state index in [1.807, 2.05) is 38.1 Å². The minimum atomic E-state index is 0.168. The molecule has 3 rings (SSSR count). The molecular formula is C23H32N4O2. The summed E-state index contributed by atoms with van der Waals surface area (Å²) in [5, 5.41) is 6.96. The number of anilines is 1. The molecule has 0 radical (unpaired) electrons. The Bertz CT molecular complexity index is 822. The summed E-state index contributed by atoms with van der Waals surface area (Å²) in [5.41, 5.74) is 2.30. The van der Waals surface area contributed by atoms with E-state index in [0.29, 0.717) is 12.6 Å². The first-order valence-corrected chi connectivity index (χ1v) is 10.2. The second-order valence-corrected chi connectivity index (χ2v) is 7.49. The van der Waals surface area contributed by atoms with Crippen molar-refractivity contribution in [3.8, 4) is 11.5 Å². The number of para-hydroxylation sites is 2. The zero-order valence-corrected chi connectivity index (χ0v) is 17.8. The standard InChI is InChI=1S/C23H32N4O2/c1-17(2)29-20-9-7-8-18(14-20)15-25-23(24-3)26-19-12-13-27(16-19)21-10-5-6-11-22(21)28-4/h5-11,14,17,19H,12-13,15-16H2,1-4H3,(H2,24,25,26). The van der Waals surface area contributed by atoms with Gasteiger partial charge < -0.3 is 25.0 Å². The third-order valence-corrected chi connectivity index (χ3v) is 4.91. The maximum atomic E-state index is 5.78. The van der Waals surface area contributed by atoms with Crippen molar-refractivity contribution < 1.29 is 9.47 Å². The fourth-order valence-corrected chi connectivity index (χ4v) is 3.56. The monoisotopic (exact) mass is 396 g/mol. The van der Waals surface area contributed by atoms with E-state index in [-0.39, 0.29) is 6.10 Å². The van der Waals surface area contributed by atoms with Gasteiger partial charge in [0.05, 0.1) is 18.9 Å². The van der Waals surface area contributed by atoms with Crippen molar-refractivity contribution in [2.45, 2.75) is 39.0 Å². The van der Waals surface area contributed by atoms with E-state index >= 15 is 0 Å². The zero-order chi connectivity index (χ0) is 20.6. The number of guanidine groups is 1. The molecule has 2 N–H and O–H groups in total. The van der Waals surface area contributed by atoms with Crippen LogP contribution in [0.15, 0.2) is 53.5 Å². The molecule has 0 saturated carbocycles. The van der Waals surface area contributed by atoms with E-state index in [0.717, 1.165) is 48.2 Å². The van der Waals surface area contributed by atoms with Crippen LogP contribution in [-0.2, 0) is 6.54 Å². The molecule has 1 fully saturated rings. The molecule has 1 heterocycles. The minimum Gasteiger partial charge on any atom is -0.495 e. The molecule has 0 aromatic heterocycles. The number of ether oxygens (including phenoxy) is 2. The highest BCUT2D eigenvalue weighted by molar-refractivity contribution is 5.80. The van der Waals surface area contributed by atoms with Crippen LogP contribution in [0, 0.1) is 0 Å². The van der Waals surface area contributed by atoms with Gasteiger partial charge in [-0.25, -0.2) is 0 Å². The quantitative estimate of drug-likeness (QED) is 0.555. The summed E-state index contributed by atoms with van der Waals surface area (Å²) in [6.45, 7) is 6.67. The Morgan fingerprint density at radius 3 is 2.79 bits per heavy atom. The molecule has 1 unspecified atom stereocenters. The number of hydrogen-bond acceptors (Lipinski definition) is 4. The number of benzene rings is 2. The van der Waals surface area contributed by atoms with Crippen molar-refractivity contribution in [3.63, 3.8) is 0 Å². The smallest absolute Gasteiger partial charge is 0.191 e.